The van der Waals surface area contributed by atoms with Crippen LogP contribution in [0.4, 0.5) is 0 Å². The first-order chi connectivity index (χ1) is 9.76. The number of aldehydes is 1. The molecule has 1 atom stereocenters. The Kier molecular flexibility index (Phi) is 3.39. The van der Waals surface area contributed by atoms with Gasteiger partial charge in [-0.3, -0.25) is 10.2 Å². The van der Waals surface area contributed by atoms with Gasteiger partial charge in [-0.25, -0.2) is 0 Å². The van der Waals surface area contributed by atoms with Crippen LogP contribution in [0.2, 0.25) is 0 Å². The van der Waals surface area contributed by atoms with Crippen molar-refractivity contribution in [3.05, 3.63) is 64.6 Å². The summed E-state index contributed by atoms with van der Waals surface area (Å²) in [5.41, 5.74) is 4.65. The minimum atomic E-state index is -0.302. The number of thioether (sulfide) groups is 1. The van der Waals surface area contributed by atoms with Crippen molar-refractivity contribution in [2.24, 2.45) is 5.10 Å². The fraction of sp³-hybridized carbons (Fsp3) is 0.0714. The van der Waals surface area contributed by atoms with Crippen LogP contribution in [0.3, 0.4) is 0 Å². The quantitative estimate of drug-likeness (QED) is 0.865. The maximum absolute atomic E-state index is 11.1. The van der Waals surface area contributed by atoms with Gasteiger partial charge in [0.15, 0.2) is 17.1 Å². The lowest BCUT2D eigenvalue weighted by Gasteiger charge is -2.06. The number of benzene rings is 1. The molecule has 6 heteroatoms. The van der Waals surface area contributed by atoms with Gasteiger partial charge in [-0.05, 0) is 12.1 Å². The van der Waals surface area contributed by atoms with Crippen molar-refractivity contribution in [3.8, 4) is 5.69 Å². The number of carbonyl (C=O) groups is 1. The van der Waals surface area contributed by atoms with E-state index in [-0.39, 0.29) is 10.8 Å². The number of nitrogens with zero attached hydrogens (tertiary/aromatic N) is 2. The van der Waals surface area contributed by atoms with Crippen molar-refractivity contribution in [2.45, 2.75) is 5.37 Å². The van der Waals surface area contributed by atoms with E-state index in [2.05, 4.69) is 10.5 Å². The number of nitrogens with one attached hydrogen (secondary N) is 1. The number of carbonyl (C=O) groups excluding carboxylic acids is 1. The van der Waals surface area contributed by atoms with Crippen LogP contribution in [0.25, 0.3) is 5.69 Å². The summed E-state index contributed by atoms with van der Waals surface area (Å²) in [4.78, 5) is 21.7. The molecule has 2 aromatic rings. The Balaban J connectivity index is 1.83. The fourth-order valence-electron chi connectivity index (χ4n) is 1.85. The van der Waals surface area contributed by atoms with E-state index < -0.39 is 0 Å². The smallest absolute Gasteiger partial charge is 0.181 e. The predicted octanol–water partition coefficient (Wildman–Crippen LogP) is 1.36. The van der Waals surface area contributed by atoms with Gasteiger partial charge in [0.1, 0.15) is 5.04 Å². The molecule has 1 aromatic heterocycles. The Hall–Kier alpha value is -2.34. The number of rotatable bonds is 3. The van der Waals surface area contributed by atoms with E-state index >= 15 is 0 Å². The summed E-state index contributed by atoms with van der Waals surface area (Å²) in [6.07, 6.45) is 4.28. The van der Waals surface area contributed by atoms with Gasteiger partial charge in [-0.1, -0.05) is 23.9 Å². The van der Waals surface area contributed by atoms with E-state index in [0.29, 0.717) is 0 Å². The lowest BCUT2D eigenvalue weighted by Crippen LogP contribution is -2.16. The molecular formula is C14H11N3O2S. The molecule has 20 heavy (non-hydrogen) atoms. The van der Waals surface area contributed by atoms with Crippen LogP contribution in [-0.4, -0.2) is 21.3 Å². The number of hydrazone groups is 1. The highest BCUT2D eigenvalue weighted by molar-refractivity contribution is 8.15. The average molecular weight is 285 g/mol. The van der Waals surface area contributed by atoms with Crippen molar-refractivity contribution < 1.29 is 4.79 Å². The fourth-order valence-corrected chi connectivity index (χ4v) is 2.63. The van der Waals surface area contributed by atoms with Crippen molar-refractivity contribution in [1.29, 1.82) is 0 Å². The maximum atomic E-state index is 11.1. The average Bonchev–Trinajstić information content (AvgIpc) is 2.97. The van der Waals surface area contributed by atoms with Crippen LogP contribution in [0.1, 0.15) is 5.56 Å². The van der Waals surface area contributed by atoms with E-state index in [1.807, 2.05) is 28.8 Å². The second-order valence-corrected chi connectivity index (χ2v) is 5.34. The Morgan fingerprint density at radius 2 is 1.85 bits per heavy atom. The number of pyridine rings is 1. The largest absolute Gasteiger partial charge is 0.324 e. The van der Waals surface area contributed by atoms with Crippen LogP contribution in [0, 0.1) is 0 Å². The highest BCUT2D eigenvalue weighted by Gasteiger charge is 2.19. The number of aromatic nitrogens is 1. The van der Waals surface area contributed by atoms with Gasteiger partial charge in [0, 0.05) is 35.8 Å². The Bertz CT molecular complexity index is 701. The molecule has 1 aliphatic rings. The normalized spacial score (nSPS) is 17.4. The van der Waals surface area contributed by atoms with Gasteiger partial charge >= 0.3 is 0 Å². The third kappa shape index (κ3) is 2.50. The second kappa shape index (κ2) is 5.34. The molecule has 0 fully saturated rings. The Labute approximate surface area is 119 Å². The van der Waals surface area contributed by atoms with Crippen molar-refractivity contribution in [2.75, 3.05) is 0 Å². The summed E-state index contributed by atoms with van der Waals surface area (Å²) in [6.45, 7) is 0. The first-order valence-electron chi connectivity index (χ1n) is 6.00. The molecule has 0 radical (unpaired) electrons. The summed E-state index contributed by atoms with van der Waals surface area (Å²) in [6, 6.07) is 10.8. The van der Waals surface area contributed by atoms with Crippen molar-refractivity contribution in [1.82, 2.24) is 9.99 Å². The third-order valence-electron chi connectivity index (χ3n) is 2.87. The summed E-state index contributed by atoms with van der Waals surface area (Å²) >= 11 is 1.39. The monoisotopic (exact) mass is 285 g/mol. The predicted molar refractivity (Wildman–Crippen MR) is 79.2 cm³/mol. The first kappa shape index (κ1) is 12.7. The van der Waals surface area contributed by atoms with Crippen LogP contribution < -0.4 is 10.9 Å². The van der Waals surface area contributed by atoms with Gasteiger partial charge in [0.25, 0.3) is 0 Å². The molecule has 1 N–H and O–H groups in total. The van der Waals surface area contributed by atoms with Crippen LogP contribution in [0.5, 0.6) is 0 Å². The molecule has 1 unspecified atom stereocenters. The summed E-state index contributed by atoms with van der Waals surface area (Å²) in [5.74, 6) is 0. The van der Waals surface area contributed by atoms with E-state index in [1.165, 1.54) is 23.9 Å². The first-order valence-corrected chi connectivity index (χ1v) is 6.88. The lowest BCUT2D eigenvalue weighted by molar-refractivity contribution is -0.107. The zero-order valence-electron chi connectivity index (χ0n) is 10.4. The lowest BCUT2D eigenvalue weighted by atomic mass is 10.2. The van der Waals surface area contributed by atoms with E-state index in [0.717, 1.165) is 22.6 Å². The highest BCUT2D eigenvalue weighted by Crippen LogP contribution is 2.22. The summed E-state index contributed by atoms with van der Waals surface area (Å²) < 4.78 is 1.86. The van der Waals surface area contributed by atoms with Gasteiger partial charge in [-0.15, -0.1) is 0 Å². The molecule has 1 aliphatic heterocycles. The molecule has 3 rings (SSSR count). The molecular weight excluding hydrogens is 274 g/mol. The van der Waals surface area contributed by atoms with Crippen LogP contribution in [0.15, 0.2) is 58.7 Å². The molecule has 0 saturated heterocycles. The minimum Gasteiger partial charge on any atom is -0.324 e. The molecule has 0 bridgehead atoms. The zero-order valence-corrected chi connectivity index (χ0v) is 11.2. The van der Waals surface area contributed by atoms with Crippen LogP contribution in [-0.2, 0) is 4.79 Å². The van der Waals surface area contributed by atoms with Gasteiger partial charge in [0.2, 0.25) is 0 Å². The molecule has 1 aromatic carbocycles. The SMILES string of the molecule is O=CC1NN=C(c2ccc(-n3ccc(=O)cc3)cc2)S1. The van der Waals surface area contributed by atoms with Crippen molar-refractivity contribution in [3.63, 3.8) is 0 Å². The molecule has 100 valence electrons. The molecule has 0 saturated carbocycles. The van der Waals surface area contributed by atoms with Crippen LogP contribution >= 0.6 is 11.8 Å². The second-order valence-electron chi connectivity index (χ2n) is 4.21. The number of hydrogen-bond donors (Lipinski definition) is 1. The van der Waals surface area contributed by atoms with Gasteiger partial charge < -0.3 is 9.36 Å². The molecule has 0 spiro atoms. The molecule has 2 heterocycles. The van der Waals surface area contributed by atoms with E-state index in [4.69, 9.17) is 0 Å². The highest BCUT2D eigenvalue weighted by atomic mass is 32.2. The number of hydrogen-bond acceptors (Lipinski definition) is 5. The van der Waals surface area contributed by atoms with Gasteiger partial charge in [0.05, 0.1) is 0 Å². The molecule has 5 nitrogen and oxygen atoms in total. The maximum Gasteiger partial charge on any atom is 0.181 e. The molecule has 0 aliphatic carbocycles. The van der Waals surface area contributed by atoms with E-state index in [1.54, 1.807) is 12.4 Å². The third-order valence-corrected chi connectivity index (χ3v) is 3.89. The van der Waals surface area contributed by atoms with Crippen molar-refractivity contribution >= 4 is 23.1 Å². The Morgan fingerprint density at radius 3 is 2.45 bits per heavy atom. The summed E-state index contributed by atoms with van der Waals surface area (Å²) in [5, 5.41) is 4.62. The standard InChI is InChI=1S/C14H11N3O2S/c18-9-13-15-16-14(20-13)10-1-3-11(4-2-10)17-7-5-12(19)6-8-17/h1-9,13,15H. The minimum absolute atomic E-state index is 0.0134. The zero-order chi connectivity index (χ0) is 13.9. The van der Waals surface area contributed by atoms with Gasteiger partial charge in [-0.2, -0.15) is 5.10 Å². The Morgan fingerprint density at radius 1 is 1.15 bits per heavy atom. The summed E-state index contributed by atoms with van der Waals surface area (Å²) in [7, 11) is 0. The topological polar surface area (TPSA) is 63.5 Å². The van der Waals surface area contributed by atoms with E-state index in [9.17, 15) is 9.59 Å². The molecule has 0 amide bonds.